The van der Waals surface area contributed by atoms with Crippen LogP contribution in [0.15, 0.2) is 48.9 Å². The van der Waals surface area contributed by atoms with E-state index in [1.165, 1.54) is 5.56 Å². The molecule has 4 aromatic rings. The van der Waals surface area contributed by atoms with Crippen LogP contribution in [0, 0.1) is 6.92 Å². The van der Waals surface area contributed by atoms with Gasteiger partial charge in [0, 0.05) is 50.2 Å². The fraction of sp³-hybridized carbons (Fsp3) is 0.273. The SMILES string of the molecule is Cc1cc(-c2ccc3nc(Nc4cc(CN5CCNCC5)ccn4)[nH]c3c2)ncn1.Cl. The number of benzene rings is 1. The highest BCUT2D eigenvalue weighted by Gasteiger charge is 2.11. The third-order valence-corrected chi connectivity index (χ3v) is 5.27. The van der Waals surface area contributed by atoms with Crippen LogP contribution in [0.2, 0.25) is 0 Å². The molecule has 1 aliphatic heterocycles. The summed E-state index contributed by atoms with van der Waals surface area (Å²) >= 11 is 0. The van der Waals surface area contributed by atoms with Gasteiger partial charge in [0.15, 0.2) is 0 Å². The van der Waals surface area contributed by atoms with Gasteiger partial charge in [-0.3, -0.25) is 4.90 Å². The van der Waals surface area contributed by atoms with Gasteiger partial charge in [0.05, 0.1) is 16.7 Å². The number of aromatic nitrogens is 5. The highest BCUT2D eigenvalue weighted by atomic mass is 35.5. The number of pyridine rings is 1. The number of imidazole rings is 1. The zero-order valence-electron chi connectivity index (χ0n) is 17.3. The molecule has 0 spiro atoms. The van der Waals surface area contributed by atoms with E-state index in [9.17, 15) is 0 Å². The largest absolute Gasteiger partial charge is 0.324 e. The van der Waals surface area contributed by atoms with Crippen molar-refractivity contribution in [2.45, 2.75) is 13.5 Å². The first-order valence-corrected chi connectivity index (χ1v) is 10.2. The van der Waals surface area contributed by atoms with Crippen LogP contribution in [0.4, 0.5) is 11.8 Å². The molecule has 0 aliphatic carbocycles. The molecule has 1 aliphatic rings. The predicted octanol–water partition coefficient (Wildman–Crippen LogP) is 3.29. The molecule has 9 heteroatoms. The predicted molar refractivity (Wildman–Crippen MR) is 125 cm³/mol. The van der Waals surface area contributed by atoms with E-state index in [1.807, 2.05) is 31.3 Å². The van der Waals surface area contributed by atoms with Crippen molar-refractivity contribution >= 4 is 35.2 Å². The highest BCUT2D eigenvalue weighted by Crippen LogP contribution is 2.24. The van der Waals surface area contributed by atoms with Crippen molar-refractivity contribution < 1.29 is 0 Å². The van der Waals surface area contributed by atoms with E-state index in [0.717, 1.165) is 66.5 Å². The average Bonchev–Trinajstić information content (AvgIpc) is 3.16. The summed E-state index contributed by atoms with van der Waals surface area (Å²) in [7, 11) is 0. The highest BCUT2D eigenvalue weighted by molar-refractivity contribution is 5.85. The van der Waals surface area contributed by atoms with Gasteiger partial charge in [-0.25, -0.2) is 19.9 Å². The zero-order chi connectivity index (χ0) is 20.3. The van der Waals surface area contributed by atoms with Gasteiger partial charge in [-0.2, -0.15) is 0 Å². The lowest BCUT2D eigenvalue weighted by Crippen LogP contribution is -2.42. The van der Waals surface area contributed by atoms with E-state index in [-0.39, 0.29) is 12.4 Å². The fourth-order valence-corrected chi connectivity index (χ4v) is 3.73. The Morgan fingerprint density at radius 1 is 1.03 bits per heavy atom. The van der Waals surface area contributed by atoms with E-state index in [1.54, 1.807) is 6.33 Å². The van der Waals surface area contributed by atoms with Gasteiger partial charge in [-0.05, 0) is 42.8 Å². The Morgan fingerprint density at radius 2 is 1.90 bits per heavy atom. The van der Waals surface area contributed by atoms with E-state index in [2.05, 4.69) is 58.7 Å². The van der Waals surface area contributed by atoms with Crippen LogP contribution >= 0.6 is 12.4 Å². The average molecular weight is 437 g/mol. The number of piperazine rings is 1. The number of anilines is 2. The minimum Gasteiger partial charge on any atom is -0.324 e. The second-order valence-electron chi connectivity index (χ2n) is 7.56. The smallest absolute Gasteiger partial charge is 0.206 e. The van der Waals surface area contributed by atoms with Crippen molar-refractivity contribution in [2.75, 3.05) is 31.5 Å². The van der Waals surface area contributed by atoms with Crippen LogP contribution in [0.25, 0.3) is 22.3 Å². The second kappa shape index (κ2) is 9.38. The molecule has 0 amide bonds. The normalized spacial score (nSPS) is 14.4. The van der Waals surface area contributed by atoms with Crippen molar-refractivity contribution in [2.24, 2.45) is 0 Å². The number of nitrogens with one attached hydrogen (secondary N) is 3. The Kier molecular flexibility index (Phi) is 6.41. The Hall–Kier alpha value is -3.07. The Balaban J connectivity index is 0.00000231. The van der Waals surface area contributed by atoms with Crippen molar-refractivity contribution in [3.05, 3.63) is 60.2 Å². The zero-order valence-corrected chi connectivity index (χ0v) is 18.1. The summed E-state index contributed by atoms with van der Waals surface area (Å²) in [5.41, 5.74) is 5.95. The number of aromatic amines is 1. The number of aryl methyl sites for hydroxylation is 1. The number of rotatable bonds is 5. The molecule has 0 unspecified atom stereocenters. The van der Waals surface area contributed by atoms with Crippen LogP contribution in [-0.2, 0) is 6.54 Å². The molecule has 0 bridgehead atoms. The molecule has 8 nitrogen and oxygen atoms in total. The summed E-state index contributed by atoms with van der Waals surface area (Å²) in [4.78, 5) is 23.4. The Morgan fingerprint density at radius 3 is 2.74 bits per heavy atom. The number of H-pyrrole nitrogens is 1. The molecule has 0 atom stereocenters. The van der Waals surface area contributed by atoms with Gasteiger partial charge in [0.2, 0.25) is 5.95 Å². The summed E-state index contributed by atoms with van der Waals surface area (Å²) in [5.74, 6) is 1.46. The van der Waals surface area contributed by atoms with Gasteiger partial charge in [0.1, 0.15) is 12.1 Å². The van der Waals surface area contributed by atoms with Gasteiger partial charge in [0.25, 0.3) is 0 Å². The first-order valence-electron chi connectivity index (χ1n) is 10.2. The lowest BCUT2D eigenvalue weighted by atomic mass is 10.1. The summed E-state index contributed by atoms with van der Waals surface area (Å²) in [6, 6.07) is 12.2. The lowest BCUT2D eigenvalue weighted by molar-refractivity contribution is 0.233. The van der Waals surface area contributed by atoms with E-state index < -0.39 is 0 Å². The molecule has 0 saturated carbocycles. The maximum absolute atomic E-state index is 4.65. The molecular weight excluding hydrogens is 412 g/mol. The number of nitrogens with zero attached hydrogens (tertiary/aromatic N) is 5. The topological polar surface area (TPSA) is 94.7 Å². The maximum atomic E-state index is 4.65. The Labute approximate surface area is 187 Å². The fourth-order valence-electron chi connectivity index (χ4n) is 3.73. The van der Waals surface area contributed by atoms with Crippen LogP contribution in [-0.4, -0.2) is 56.0 Å². The maximum Gasteiger partial charge on any atom is 0.206 e. The molecule has 1 saturated heterocycles. The van der Waals surface area contributed by atoms with Crippen molar-refractivity contribution in [1.29, 1.82) is 0 Å². The standard InChI is InChI=1S/C22H24N8.ClH/c1-15-10-19(26-14-25-15)17-2-3-18-20(12-17)28-22(27-18)29-21-11-16(4-5-24-21)13-30-8-6-23-7-9-30;/h2-5,10-12,14,23H,6-9,13H2,1H3,(H2,24,27,28,29);1H. The molecule has 4 heterocycles. The minimum atomic E-state index is 0. The third kappa shape index (κ3) is 4.99. The number of halogens is 1. The number of hydrogen-bond acceptors (Lipinski definition) is 7. The summed E-state index contributed by atoms with van der Waals surface area (Å²) in [6.07, 6.45) is 3.44. The quantitative estimate of drug-likeness (QED) is 0.442. The monoisotopic (exact) mass is 436 g/mol. The van der Waals surface area contributed by atoms with Crippen LogP contribution in [0.1, 0.15) is 11.3 Å². The van der Waals surface area contributed by atoms with Gasteiger partial charge >= 0.3 is 0 Å². The summed E-state index contributed by atoms with van der Waals surface area (Å²) in [6.45, 7) is 7.13. The molecule has 160 valence electrons. The van der Waals surface area contributed by atoms with Crippen molar-refractivity contribution in [1.82, 2.24) is 35.1 Å². The van der Waals surface area contributed by atoms with E-state index in [0.29, 0.717) is 5.95 Å². The van der Waals surface area contributed by atoms with Crippen molar-refractivity contribution in [3.8, 4) is 11.3 Å². The number of hydrogen-bond donors (Lipinski definition) is 3. The molecule has 31 heavy (non-hydrogen) atoms. The Bertz CT molecular complexity index is 1170. The molecule has 3 aromatic heterocycles. The molecule has 3 N–H and O–H groups in total. The van der Waals surface area contributed by atoms with Crippen LogP contribution in [0.5, 0.6) is 0 Å². The molecule has 5 rings (SSSR count). The van der Waals surface area contributed by atoms with Crippen LogP contribution in [0.3, 0.4) is 0 Å². The second-order valence-corrected chi connectivity index (χ2v) is 7.56. The molecular formula is C22H25ClN8. The summed E-state index contributed by atoms with van der Waals surface area (Å²) < 4.78 is 0. The van der Waals surface area contributed by atoms with Gasteiger partial charge in [-0.1, -0.05) is 6.07 Å². The van der Waals surface area contributed by atoms with E-state index >= 15 is 0 Å². The first-order chi connectivity index (χ1) is 14.7. The van der Waals surface area contributed by atoms with E-state index in [4.69, 9.17) is 0 Å². The van der Waals surface area contributed by atoms with Gasteiger partial charge in [-0.15, -0.1) is 12.4 Å². The molecule has 0 radical (unpaired) electrons. The molecule has 1 aromatic carbocycles. The van der Waals surface area contributed by atoms with Crippen LogP contribution < -0.4 is 10.6 Å². The number of fused-ring (bicyclic) bond motifs is 1. The third-order valence-electron chi connectivity index (χ3n) is 5.27. The lowest BCUT2D eigenvalue weighted by Gasteiger charge is -2.27. The van der Waals surface area contributed by atoms with Crippen molar-refractivity contribution in [3.63, 3.8) is 0 Å². The first kappa shape index (κ1) is 21.2. The molecule has 1 fully saturated rings. The summed E-state index contributed by atoms with van der Waals surface area (Å²) in [5, 5.41) is 6.69. The minimum absolute atomic E-state index is 0. The van der Waals surface area contributed by atoms with Gasteiger partial charge < -0.3 is 15.6 Å².